The third kappa shape index (κ3) is 4.85. The number of benzene rings is 1. The van der Waals surface area contributed by atoms with Crippen LogP contribution in [0.25, 0.3) is 0 Å². The van der Waals surface area contributed by atoms with Gasteiger partial charge in [0.1, 0.15) is 0 Å². The Hall–Kier alpha value is -1.88. The molecule has 1 saturated heterocycles. The Kier molecular flexibility index (Phi) is 6.81. The lowest BCUT2D eigenvalue weighted by Gasteiger charge is -2.34. The molecule has 0 radical (unpaired) electrons. The maximum Gasteiger partial charge on any atom is 0.307 e. The highest BCUT2D eigenvalue weighted by atomic mass is 16.5. The van der Waals surface area contributed by atoms with Crippen LogP contribution < -0.4 is 0 Å². The second-order valence-electron chi connectivity index (χ2n) is 8.25. The summed E-state index contributed by atoms with van der Waals surface area (Å²) in [6.07, 6.45) is 1.40. The van der Waals surface area contributed by atoms with Crippen molar-refractivity contribution >= 4 is 11.9 Å². The number of hydrogen-bond acceptors (Lipinski definition) is 3. The van der Waals surface area contributed by atoms with E-state index in [9.17, 15) is 14.7 Å². The fourth-order valence-corrected chi connectivity index (χ4v) is 4.04. The van der Waals surface area contributed by atoms with Crippen molar-refractivity contribution in [2.24, 2.45) is 17.3 Å². The normalized spacial score (nSPS) is 22.8. The van der Waals surface area contributed by atoms with Crippen LogP contribution in [0.15, 0.2) is 30.3 Å². The van der Waals surface area contributed by atoms with Gasteiger partial charge < -0.3 is 14.7 Å². The second kappa shape index (κ2) is 8.67. The van der Waals surface area contributed by atoms with Crippen LogP contribution in [0.2, 0.25) is 0 Å². The number of nitrogens with zero attached hydrogens (tertiary/aromatic N) is 1. The van der Waals surface area contributed by atoms with Crippen LogP contribution in [0.5, 0.6) is 0 Å². The maximum atomic E-state index is 13.2. The molecule has 1 aromatic rings. The SMILES string of the molecule is COCCN1C[C@@H](c2ccccc2)CC[C@@H](C(C(=O)O)C(C)(C)C)C1=O. The number of aliphatic carboxylic acids is 1. The van der Waals surface area contributed by atoms with E-state index in [4.69, 9.17) is 4.74 Å². The third-order valence-electron chi connectivity index (χ3n) is 5.33. The first-order valence-corrected chi connectivity index (χ1v) is 9.31. The van der Waals surface area contributed by atoms with Crippen molar-refractivity contribution in [3.63, 3.8) is 0 Å². The van der Waals surface area contributed by atoms with E-state index in [1.54, 1.807) is 12.0 Å². The molecule has 0 bridgehead atoms. The van der Waals surface area contributed by atoms with Gasteiger partial charge >= 0.3 is 5.97 Å². The van der Waals surface area contributed by atoms with Crippen molar-refractivity contribution in [2.45, 2.75) is 39.5 Å². The average Bonchev–Trinajstić information content (AvgIpc) is 2.73. The van der Waals surface area contributed by atoms with Crippen molar-refractivity contribution in [3.8, 4) is 0 Å². The van der Waals surface area contributed by atoms with Crippen LogP contribution in [-0.2, 0) is 14.3 Å². The molecule has 1 N–H and O–H groups in total. The van der Waals surface area contributed by atoms with E-state index < -0.39 is 23.2 Å². The Labute approximate surface area is 156 Å². The zero-order valence-electron chi connectivity index (χ0n) is 16.3. The minimum atomic E-state index is -0.888. The third-order valence-corrected chi connectivity index (χ3v) is 5.33. The lowest BCUT2D eigenvalue weighted by molar-refractivity contribution is -0.155. The predicted octanol–water partition coefficient (Wildman–Crippen LogP) is 3.40. The summed E-state index contributed by atoms with van der Waals surface area (Å²) in [7, 11) is 1.61. The maximum absolute atomic E-state index is 13.2. The molecule has 1 fully saturated rings. The van der Waals surface area contributed by atoms with Gasteiger partial charge in [-0.1, -0.05) is 51.1 Å². The fourth-order valence-electron chi connectivity index (χ4n) is 4.04. The van der Waals surface area contributed by atoms with Gasteiger partial charge in [0.2, 0.25) is 5.91 Å². The van der Waals surface area contributed by atoms with Crippen molar-refractivity contribution in [2.75, 3.05) is 26.8 Å². The predicted molar refractivity (Wildman–Crippen MR) is 101 cm³/mol. The summed E-state index contributed by atoms with van der Waals surface area (Å²) >= 11 is 0. The molecule has 1 heterocycles. The number of carboxylic acid groups (broad SMARTS) is 1. The van der Waals surface area contributed by atoms with Crippen molar-refractivity contribution < 1.29 is 19.4 Å². The molecule has 0 saturated carbocycles. The minimum absolute atomic E-state index is 0.0530. The van der Waals surface area contributed by atoms with Crippen LogP contribution in [0, 0.1) is 17.3 Å². The van der Waals surface area contributed by atoms with Crippen LogP contribution in [0.3, 0.4) is 0 Å². The van der Waals surface area contributed by atoms with E-state index >= 15 is 0 Å². The molecule has 1 unspecified atom stereocenters. The summed E-state index contributed by atoms with van der Waals surface area (Å²) in [6.45, 7) is 7.26. The van der Waals surface area contributed by atoms with E-state index in [-0.39, 0.29) is 11.8 Å². The first-order chi connectivity index (χ1) is 12.3. The van der Waals surface area contributed by atoms with Crippen molar-refractivity contribution in [1.29, 1.82) is 0 Å². The molecule has 1 aliphatic rings. The second-order valence-corrected chi connectivity index (χ2v) is 8.25. The van der Waals surface area contributed by atoms with Crippen LogP contribution >= 0.6 is 0 Å². The molecule has 2 rings (SSSR count). The van der Waals surface area contributed by atoms with Crippen molar-refractivity contribution in [3.05, 3.63) is 35.9 Å². The molecule has 1 aromatic carbocycles. The molecule has 5 heteroatoms. The molecule has 0 aromatic heterocycles. The number of carbonyl (C=O) groups excluding carboxylic acids is 1. The summed E-state index contributed by atoms with van der Waals surface area (Å²) in [6, 6.07) is 10.2. The molecule has 1 amide bonds. The highest BCUT2D eigenvalue weighted by Gasteiger charge is 2.44. The summed E-state index contributed by atoms with van der Waals surface area (Å²) in [5.41, 5.74) is 0.720. The zero-order valence-corrected chi connectivity index (χ0v) is 16.3. The summed E-state index contributed by atoms with van der Waals surface area (Å²) < 4.78 is 5.17. The van der Waals surface area contributed by atoms with E-state index in [0.717, 1.165) is 6.42 Å². The number of likely N-dealkylation sites (tertiary alicyclic amines) is 1. The number of ether oxygens (including phenoxy) is 1. The molecule has 5 nitrogen and oxygen atoms in total. The molecule has 0 spiro atoms. The molecule has 3 atom stereocenters. The van der Waals surface area contributed by atoms with Gasteiger partial charge in [-0.3, -0.25) is 9.59 Å². The van der Waals surface area contributed by atoms with Gasteiger partial charge in [-0.2, -0.15) is 0 Å². The largest absolute Gasteiger partial charge is 0.481 e. The highest BCUT2D eigenvalue weighted by molar-refractivity contribution is 5.85. The topological polar surface area (TPSA) is 66.8 Å². The van der Waals surface area contributed by atoms with E-state index in [1.165, 1.54) is 5.56 Å². The van der Waals surface area contributed by atoms with E-state index in [2.05, 4.69) is 12.1 Å². The van der Waals surface area contributed by atoms with Gasteiger partial charge in [0, 0.05) is 26.1 Å². The molecule has 1 aliphatic heterocycles. The lowest BCUT2D eigenvalue weighted by atomic mass is 9.71. The molecular formula is C21H31NO4. The number of rotatable bonds is 6. The molecule has 0 aliphatic carbocycles. The van der Waals surface area contributed by atoms with Crippen LogP contribution in [0.4, 0.5) is 0 Å². The Morgan fingerprint density at radius 2 is 1.92 bits per heavy atom. The van der Waals surface area contributed by atoms with Crippen LogP contribution in [0.1, 0.15) is 45.1 Å². The van der Waals surface area contributed by atoms with Gasteiger partial charge in [-0.25, -0.2) is 0 Å². The van der Waals surface area contributed by atoms with Gasteiger partial charge in [-0.15, -0.1) is 0 Å². The Morgan fingerprint density at radius 1 is 1.27 bits per heavy atom. The zero-order chi connectivity index (χ0) is 19.3. The van der Waals surface area contributed by atoms with Crippen LogP contribution in [-0.4, -0.2) is 48.7 Å². The monoisotopic (exact) mass is 361 g/mol. The van der Waals surface area contributed by atoms with Gasteiger partial charge in [0.15, 0.2) is 0 Å². The molecule has 26 heavy (non-hydrogen) atoms. The van der Waals surface area contributed by atoms with E-state index in [0.29, 0.717) is 26.1 Å². The van der Waals surface area contributed by atoms with Crippen molar-refractivity contribution in [1.82, 2.24) is 4.90 Å². The Morgan fingerprint density at radius 3 is 2.46 bits per heavy atom. The van der Waals surface area contributed by atoms with Gasteiger partial charge in [-0.05, 0) is 23.8 Å². The number of amides is 1. The minimum Gasteiger partial charge on any atom is -0.481 e. The molecule has 144 valence electrons. The standard InChI is InChI=1S/C21H31NO4/c1-21(2,3)18(20(24)25)17-11-10-16(15-8-6-5-7-9-15)14-22(19(17)23)12-13-26-4/h5-9,16-18H,10-14H2,1-4H3,(H,24,25)/t16-,17-,18?/m0/s1. The first-order valence-electron chi connectivity index (χ1n) is 9.31. The quantitative estimate of drug-likeness (QED) is 0.843. The summed E-state index contributed by atoms with van der Waals surface area (Å²) in [5.74, 6) is -1.92. The van der Waals surface area contributed by atoms with E-state index in [1.807, 2.05) is 39.0 Å². The fraction of sp³-hybridized carbons (Fsp3) is 0.619. The number of methoxy groups -OCH3 is 1. The average molecular weight is 361 g/mol. The summed E-state index contributed by atoms with van der Waals surface area (Å²) in [5, 5.41) is 9.82. The highest BCUT2D eigenvalue weighted by Crippen LogP contribution is 2.39. The van der Waals surface area contributed by atoms with Gasteiger partial charge in [0.25, 0.3) is 0 Å². The number of carboxylic acids is 1. The van der Waals surface area contributed by atoms with Gasteiger partial charge in [0.05, 0.1) is 18.4 Å². The smallest absolute Gasteiger partial charge is 0.307 e. The number of carbonyl (C=O) groups is 2. The number of hydrogen-bond donors (Lipinski definition) is 1. The first kappa shape index (κ1) is 20.4. The Bertz CT molecular complexity index is 608. The Balaban J connectivity index is 2.33. The summed E-state index contributed by atoms with van der Waals surface area (Å²) in [4.78, 5) is 27.0. The lowest BCUT2D eigenvalue weighted by Crippen LogP contribution is -2.45. The molecular weight excluding hydrogens is 330 g/mol.